The third kappa shape index (κ3) is 4.82. The van der Waals surface area contributed by atoms with Crippen molar-refractivity contribution in [3.63, 3.8) is 0 Å². The molecule has 0 fully saturated rings. The summed E-state index contributed by atoms with van der Waals surface area (Å²) in [5, 5.41) is 8.84. The number of aryl methyl sites for hydroxylation is 1. The highest BCUT2D eigenvalue weighted by molar-refractivity contribution is 8.26. The minimum atomic E-state index is -0.0888. The van der Waals surface area contributed by atoms with E-state index in [1.165, 1.54) is 5.56 Å². The summed E-state index contributed by atoms with van der Waals surface area (Å²) < 4.78 is 14.3. The molecule has 0 saturated carbocycles. The minimum Gasteiger partial charge on any atom is -0.546 e. The lowest BCUT2D eigenvalue weighted by molar-refractivity contribution is 0.483. The average molecular weight is 517 g/mol. The largest absolute Gasteiger partial charge is 0.546 e. The van der Waals surface area contributed by atoms with Crippen LogP contribution in [0.25, 0.3) is 22.5 Å². The van der Waals surface area contributed by atoms with Crippen molar-refractivity contribution in [2.45, 2.75) is 31.1 Å². The molecule has 2 heterocycles. The van der Waals surface area contributed by atoms with E-state index in [-0.39, 0.29) is 11.6 Å². The lowest BCUT2D eigenvalue weighted by atomic mass is 9.86. The highest BCUT2D eigenvalue weighted by Crippen LogP contribution is 2.38. The molecular formula is C31H28BN3O2S. The lowest BCUT2D eigenvalue weighted by Crippen LogP contribution is -2.30. The molecule has 6 rings (SSSR count). The Balaban J connectivity index is 1.25. The minimum absolute atomic E-state index is 0.0888. The SMILES string of the molecule is Cn1nnc(-c2cccc(Oc3cccc(B4Oc5ccccc5S4)c3)c2)c1-c1ccc(C(C)(C)C)cc1. The summed E-state index contributed by atoms with van der Waals surface area (Å²) in [7, 11) is 1.93. The van der Waals surface area contributed by atoms with Crippen LogP contribution in [0.15, 0.2) is 102 Å². The summed E-state index contributed by atoms with van der Waals surface area (Å²) in [5.74, 6) is 2.42. The highest BCUT2D eigenvalue weighted by Gasteiger charge is 2.31. The van der Waals surface area contributed by atoms with Gasteiger partial charge in [-0.25, -0.2) is 4.68 Å². The fourth-order valence-corrected chi connectivity index (χ4v) is 5.66. The molecule has 0 N–H and O–H groups in total. The molecule has 0 spiro atoms. The van der Waals surface area contributed by atoms with Crippen molar-refractivity contribution in [1.82, 2.24) is 15.0 Å². The molecule has 38 heavy (non-hydrogen) atoms. The second kappa shape index (κ2) is 9.73. The standard InChI is InChI=1S/C31H28BN3O2S/c1-31(2,3)23-17-15-21(16-18-23)30-29(33-34-35(30)4)22-9-7-11-25(19-22)36-26-12-8-10-24(20-26)32-37-27-13-5-6-14-28(27)38-32/h5-20H,1-4H3. The molecule has 4 aromatic carbocycles. The highest BCUT2D eigenvalue weighted by atomic mass is 32.2. The smallest absolute Gasteiger partial charge is 0.467 e. The Morgan fingerprint density at radius 1 is 0.816 bits per heavy atom. The molecule has 7 heteroatoms. The first-order chi connectivity index (χ1) is 18.3. The zero-order chi connectivity index (χ0) is 26.3. The number of benzene rings is 4. The van der Waals surface area contributed by atoms with Crippen molar-refractivity contribution < 1.29 is 9.39 Å². The van der Waals surface area contributed by atoms with E-state index in [1.54, 1.807) is 11.6 Å². The first kappa shape index (κ1) is 24.4. The lowest BCUT2D eigenvalue weighted by Gasteiger charge is -2.19. The van der Waals surface area contributed by atoms with Gasteiger partial charge in [0, 0.05) is 23.1 Å². The molecule has 0 radical (unpaired) electrons. The average Bonchev–Trinajstić information content (AvgIpc) is 3.52. The van der Waals surface area contributed by atoms with Crippen molar-refractivity contribution >= 4 is 23.3 Å². The second-order valence-corrected chi connectivity index (χ2v) is 11.6. The number of rotatable bonds is 5. The molecule has 1 aromatic heterocycles. The maximum Gasteiger partial charge on any atom is 0.467 e. The van der Waals surface area contributed by atoms with Gasteiger partial charge in [-0.15, -0.1) is 16.7 Å². The van der Waals surface area contributed by atoms with E-state index in [4.69, 9.17) is 9.39 Å². The number of para-hydroxylation sites is 1. The summed E-state index contributed by atoms with van der Waals surface area (Å²) >= 11 is 1.71. The Morgan fingerprint density at radius 2 is 1.55 bits per heavy atom. The Labute approximate surface area is 227 Å². The number of hydrogen-bond acceptors (Lipinski definition) is 5. The Kier molecular flexibility index (Phi) is 6.24. The van der Waals surface area contributed by atoms with Crippen LogP contribution in [-0.4, -0.2) is 21.2 Å². The second-order valence-electron chi connectivity index (χ2n) is 10.5. The number of nitrogens with zero attached hydrogens (tertiary/aromatic N) is 3. The molecule has 5 aromatic rings. The monoisotopic (exact) mass is 517 g/mol. The Hall–Kier alpha value is -3.97. The van der Waals surface area contributed by atoms with E-state index in [0.717, 1.165) is 50.1 Å². The maximum absolute atomic E-state index is 6.30. The van der Waals surface area contributed by atoms with Crippen molar-refractivity contribution in [2.75, 3.05) is 0 Å². The van der Waals surface area contributed by atoms with Gasteiger partial charge in [-0.1, -0.05) is 86.6 Å². The molecule has 1 aliphatic rings. The van der Waals surface area contributed by atoms with Gasteiger partial charge in [0.1, 0.15) is 22.9 Å². The number of fused-ring (bicyclic) bond motifs is 1. The van der Waals surface area contributed by atoms with E-state index in [0.29, 0.717) is 0 Å². The van der Waals surface area contributed by atoms with Crippen molar-refractivity contribution in [2.24, 2.45) is 7.05 Å². The van der Waals surface area contributed by atoms with Crippen LogP contribution in [0, 0.1) is 0 Å². The predicted molar refractivity (Wildman–Crippen MR) is 155 cm³/mol. The van der Waals surface area contributed by atoms with Gasteiger partial charge in [0.2, 0.25) is 0 Å². The van der Waals surface area contributed by atoms with Gasteiger partial charge in [0.15, 0.2) is 0 Å². The fraction of sp³-hybridized carbons (Fsp3) is 0.161. The quantitative estimate of drug-likeness (QED) is 0.233. The van der Waals surface area contributed by atoms with Crippen LogP contribution in [0.3, 0.4) is 0 Å². The van der Waals surface area contributed by atoms with Gasteiger partial charge in [-0.3, -0.25) is 0 Å². The summed E-state index contributed by atoms with van der Waals surface area (Å²) in [6, 6.07) is 32.9. The van der Waals surface area contributed by atoms with Gasteiger partial charge in [-0.2, -0.15) is 0 Å². The van der Waals surface area contributed by atoms with Gasteiger partial charge in [0.05, 0.1) is 5.69 Å². The number of hydrogen-bond donors (Lipinski definition) is 0. The molecule has 1 aliphatic heterocycles. The molecule has 0 bridgehead atoms. The Bertz CT molecular complexity index is 1580. The number of ether oxygens (including phenoxy) is 1. The van der Waals surface area contributed by atoms with Gasteiger partial charge in [-0.05, 0) is 52.8 Å². The first-order valence-corrected chi connectivity index (χ1v) is 13.5. The predicted octanol–water partition coefficient (Wildman–Crippen LogP) is 7.12. The van der Waals surface area contributed by atoms with Crippen LogP contribution < -0.4 is 14.9 Å². The summed E-state index contributed by atoms with van der Waals surface area (Å²) in [6.45, 7) is 6.66. The first-order valence-electron chi connectivity index (χ1n) is 12.7. The zero-order valence-corrected chi connectivity index (χ0v) is 22.7. The van der Waals surface area contributed by atoms with Crippen LogP contribution in [0.2, 0.25) is 0 Å². The van der Waals surface area contributed by atoms with E-state index in [2.05, 4.69) is 67.5 Å². The van der Waals surface area contributed by atoms with E-state index >= 15 is 0 Å². The van der Waals surface area contributed by atoms with E-state index in [9.17, 15) is 0 Å². The molecule has 0 atom stereocenters. The van der Waals surface area contributed by atoms with Gasteiger partial charge in [0.25, 0.3) is 0 Å². The van der Waals surface area contributed by atoms with Crippen LogP contribution >= 0.6 is 11.6 Å². The maximum atomic E-state index is 6.30. The third-order valence-corrected chi connectivity index (χ3v) is 7.82. The van der Waals surface area contributed by atoms with E-state index in [1.807, 2.05) is 72.4 Å². The summed E-state index contributed by atoms with van der Waals surface area (Å²) in [5.41, 5.74) is 6.28. The third-order valence-electron chi connectivity index (χ3n) is 6.64. The normalized spacial score (nSPS) is 12.8. The van der Waals surface area contributed by atoms with Crippen LogP contribution in [0.1, 0.15) is 26.3 Å². The molecule has 0 aliphatic carbocycles. The van der Waals surface area contributed by atoms with Gasteiger partial charge < -0.3 is 9.39 Å². The van der Waals surface area contributed by atoms with Crippen LogP contribution in [0.5, 0.6) is 17.2 Å². The van der Waals surface area contributed by atoms with Crippen LogP contribution in [-0.2, 0) is 12.5 Å². The molecule has 5 nitrogen and oxygen atoms in total. The topological polar surface area (TPSA) is 49.2 Å². The van der Waals surface area contributed by atoms with Gasteiger partial charge >= 0.3 is 6.19 Å². The summed E-state index contributed by atoms with van der Waals surface area (Å²) in [4.78, 5) is 1.16. The van der Waals surface area contributed by atoms with Crippen molar-refractivity contribution in [3.8, 4) is 39.8 Å². The zero-order valence-electron chi connectivity index (χ0n) is 21.9. The molecule has 188 valence electrons. The Morgan fingerprint density at radius 3 is 2.32 bits per heavy atom. The van der Waals surface area contributed by atoms with E-state index < -0.39 is 0 Å². The molecule has 0 unspecified atom stereocenters. The molecular weight excluding hydrogens is 489 g/mol. The van der Waals surface area contributed by atoms with Crippen LogP contribution in [0.4, 0.5) is 0 Å². The fourth-order valence-electron chi connectivity index (χ4n) is 4.61. The van der Waals surface area contributed by atoms with Crippen molar-refractivity contribution in [1.29, 1.82) is 0 Å². The molecule has 0 amide bonds. The summed E-state index contributed by atoms with van der Waals surface area (Å²) in [6.07, 6.45) is -0.0888. The van der Waals surface area contributed by atoms with Crippen molar-refractivity contribution in [3.05, 3.63) is 103 Å². The molecule has 0 saturated heterocycles. The number of aromatic nitrogens is 3.